The van der Waals surface area contributed by atoms with E-state index in [0.29, 0.717) is 25.8 Å². The summed E-state index contributed by atoms with van der Waals surface area (Å²) in [6.07, 6.45) is 14.0. The molecule has 7 atom stereocenters. The molecule has 0 rings (SSSR count). The summed E-state index contributed by atoms with van der Waals surface area (Å²) in [6, 6.07) is -7.22. The van der Waals surface area contributed by atoms with E-state index in [0.717, 1.165) is 45.1 Å². The van der Waals surface area contributed by atoms with Crippen LogP contribution in [0.1, 0.15) is 157 Å². The van der Waals surface area contributed by atoms with Gasteiger partial charge in [0.1, 0.15) is 24.2 Å². The fraction of sp³-hybridized carbons (Fsp3) is 0.814. The Hall–Kier alpha value is -4.44. The van der Waals surface area contributed by atoms with E-state index in [1.165, 1.54) is 71.6 Å². The van der Waals surface area contributed by atoms with Crippen LogP contribution in [0, 0.1) is 0 Å². The van der Waals surface area contributed by atoms with E-state index in [4.69, 9.17) is 31.3 Å². The number of carbonyl (C=O) groups excluding carboxylic acids is 5. The standard InChI is InChI=1S/C39H75N7O10.2C2H4O2/c1-5-6-7-8-9-10-11-12-13-14-15-16-17-23-32(50)42-29(21-18-19-24-40)35(51)44-34(28(3)49)37(53)45-33(27(2)48)36(52)43-30(22-20-25-41)38(54)46(4)31(26-47)39(55)56;2*1-2(3)4/h27-31,33-34,47-49H,5-26,40-41H2,1-4H3,(H,42,50)(H,43,52)(H,44,51)(H,45,53)(H,55,56);2*1H3,(H,3,4)/t27-,28-,29+,30+,31+,33+,34+;;/m1../s1. The maximum absolute atomic E-state index is 13.5. The highest BCUT2D eigenvalue weighted by atomic mass is 16.4. The first kappa shape index (κ1) is 63.8. The number of aliphatic hydroxyl groups is 3. The maximum atomic E-state index is 13.5. The summed E-state index contributed by atoms with van der Waals surface area (Å²) < 4.78 is 0. The monoisotopic (exact) mass is 922 g/mol. The first-order valence-corrected chi connectivity index (χ1v) is 22.6. The fourth-order valence-electron chi connectivity index (χ4n) is 6.25. The van der Waals surface area contributed by atoms with E-state index in [1.807, 2.05) is 0 Å². The Morgan fingerprint density at radius 1 is 0.547 bits per heavy atom. The number of nitrogens with two attached hydrogens (primary N) is 2. The lowest BCUT2D eigenvalue weighted by molar-refractivity contribution is -0.152. The molecule has 0 radical (unpaired) electrons. The number of aliphatic carboxylic acids is 3. The molecule has 0 aromatic heterocycles. The van der Waals surface area contributed by atoms with E-state index < -0.39 is 90.6 Å². The van der Waals surface area contributed by atoms with Gasteiger partial charge in [-0.3, -0.25) is 33.6 Å². The largest absolute Gasteiger partial charge is 0.481 e. The third-order valence-corrected chi connectivity index (χ3v) is 9.82. The molecule has 0 aliphatic heterocycles. The van der Waals surface area contributed by atoms with Gasteiger partial charge in [-0.15, -0.1) is 0 Å². The lowest BCUT2D eigenvalue weighted by Gasteiger charge is -2.31. The van der Waals surface area contributed by atoms with Crippen molar-refractivity contribution >= 4 is 47.4 Å². The molecule has 21 nitrogen and oxygen atoms in total. The Bertz CT molecular complexity index is 1320. The number of hydrogen-bond acceptors (Lipinski definition) is 13. The van der Waals surface area contributed by atoms with E-state index >= 15 is 0 Å². The molecular weight excluding hydrogens is 839 g/mol. The molecule has 374 valence electrons. The third kappa shape index (κ3) is 34.0. The predicted octanol–water partition coefficient (Wildman–Crippen LogP) is 1.12. The molecule has 0 aromatic carbocycles. The Morgan fingerprint density at radius 3 is 1.33 bits per heavy atom. The van der Waals surface area contributed by atoms with Crippen LogP contribution in [0.5, 0.6) is 0 Å². The lowest BCUT2D eigenvalue weighted by Crippen LogP contribution is -2.63. The zero-order valence-electron chi connectivity index (χ0n) is 39.1. The number of carbonyl (C=O) groups is 8. The minimum absolute atomic E-state index is 0.0212. The highest BCUT2D eigenvalue weighted by Crippen LogP contribution is 2.14. The first-order valence-electron chi connectivity index (χ1n) is 22.6. The van der Waals surface area contributed by atoms with Gasteiger partial charge >= 0.3 is 5.97 Å². The zero-order chi connectivity index (χ0) is 49.6. The highest BCUT2D eigenvalue weighted by Gasteiger charge is 2.36. The van der Waals surface area contributed by atoms with Crippen LogP contribution in [-0.4, -0.2) is 152 Å². The minimum atomic E-state index is -1.67. The summed E-state index contributed by atoms with van der Waals surface area (Å²) in [5.74, 6) is -7.07. The fourth-order valence-corrected chi connectivity index (χ4v) is 6.25. The molecule has 0 aliphatic carbocycles. The molecule has 0 unspecified atom stereocenters. The second-order valence-corrected chi connectivity index (χ2v) is 15.9. The molecule has 0 spiro atoms. The molecular formula is C43H83N7O14. The number of unbranched alkanes of at least 4 members (excludes halogenated alkanes) is 13. The highest BCUT2D eigenvalue weighted by molar-refractivity contribution is 5.96. The van der Waals surface area contributed by atoms with Crippen molar-refractivity contribution in [2.75, 3.05) is 26.7 Å². The Kier molecular flexibility index (Phi) is 40.0. The van der Waals surface area contributed by atoms with Gasteiger partial charge < -0.3 is 68.3 Å². The number of rotatable bonds is 34. The van der Waals surface area contributed by atoms with Gasteiger partial charge in [0.05, 0.1) is 18.8 Å². The quantitative estimate of drug-likeness (QED) is 0.0402. The van der Waals surface area contributed by atoms with Crippen molar-refractivity contribution in [2.24, 2.45) is 11.5 Å². The topological polar surface area (TPSA) is 361 Å². The molecule has 5 amide bonds. The molecule has 0 aromatic rings. The lowest BCUT2D eigenvalue weighted by atomic mass is 10.0. The van der Waals surface area contributed by atoms with Gasteiger partial charge in [0.15, 0.2) is 6.04 Å². The van der Waals surface area contributed by atoms with Crippen LogP contribution < -0.4 is 32.7 Å². The number of carboxylic acids is 3. The number of nitrogens with zero attached hydrogens (tertiary/aromatic N) is 1. The molecule has 0 saturated heterocycles. The summed E-state index contributed by atoms with van der Waals surface area (Å²) in [5, 5.41) is 64.6. The van der Waals surface area contributed by atoms with Crippen LogP contribution in [0.15, 0.2) is 0 Å². The summed E-state index contributed by atoms with van der Waals surface area (Å²) in [6.45, 7) is 6.46. The van der Waals surface area contributed by atoms with Crippen molar-refractivity contribution in [3.8, 4) is 0 Å². The van der Waals surface area contributed by atoms with Crippen LogP contribution in [0.3, 0.4) is 0 Å². The average molecular weight is 922 g/mol. The molecule has 14 N–H and O–H groups in total. The summed E-state index contributed by atoms with van der Waals surface area (Å²) in [4.78, 5) is 96.6. The van der Waals surface area contributed by atoms with Crippen molar-refractivity contribution in [2.45, 2.75) is 199 Å². The van der Waals surface area contributed by atoms with Crippen molar-refractivity contribution in [3.05, 3.63) is 0 Å². The minimum Gasteiger partial charge on any atom is -0.481 e. The first-order chi connectivity index (χ1) is 30.1. The number of amides is 5. The van der Waals surface area contributed by atoms with Gasteiger partial charge in [-0.05, 0) is 65.5 Å². The molecule has 0 saturated carbocycles. The number of aliphatic hydroxyl groups excluding tert-OH is 3. The molecule has 0 heterocycles. The second kappa shape index (κ2) is 40.1. The normalized spacial score (nSPS) is 13.9. The number of likely N-dealkylation sites (N-methyl/N-ethyl adjacent to an activating group) is 1. The molecule has 64 heavy (non-hydrogen) atoms. The number of carboxylic acid groups (broad SMARTS) is 3. The van der Waals surface area contributed by atoms with E-state index in [-0.39, 0.29) is 38.1 Å². The Balaban J connectivity index is -0.00000425. The summed E-state index contributed by atoms with van der Waals surface area (Å²) >= 11 is 0. The van der Waals surface area contributed by atoms with E-state index in [9.17, 15) is 49.2 Å². The molecule has 0 fully saturated rings. The van der Waals surface area contributed by atoms with Gasteiger partial charge in [-0.1, -0.05) is 84.0 Å². The van der Waals surface area contributed by atoms with Crippen LogP contribution in [-0.2, 0) is 38.4 Å². The van der Waals surface area contributed by atoms with Crippen molar-refractivity contribution < 1.29 is 69.0 Å². The number of hydrogen-bond donors (Lipinski definition) is 12. The van der Waals surface area contributed by atoms with Crippen molar-refractivity contribution in [1.82, 2.24) is 26.2 Å². The van der Waals surface area contributed by atoms with E-state index in [2.05, 4.69) is 28.2 Å². The smallest absolute Gasteiger partial charge is 0.328 e. The van der Waals surface area contributed by atoms with Gasteiger partial charge in [0, 0.05) is 27.3 Å². The molecule has 21 heteroatoms. The van der Waals surface area contributed by atoms with Gasteiger partial charge in [0.25, 0.3) is 11.9 Å². The Labute approximate surface area is 379 Å². The van der Waals surface area contributed by atoms with Crippen molar-refractivity contribution in [3.63, 3.8) is 0 Å². The summed E-state index contributed by atoms with van der Waals surface area (Å²) in [5.41, 5.74) is 11.2. The van der Waals surface area contributed by atoms with Crippen LogP contribution in [0.25, 0.3) is 0 Å². The predicted molar refractivity (Wildman–Crippen MR) is 240 cm³/mol. The van der Waals surface area contributed by atoms with Crippen LogP contribution in [0.4, 0.5) is 0 Å². The number of nitrogens with one attached hydrogen (secondary N) is 4. The SMILES string of the molecule is CC(=O)O.CC(=O)O.CCCCCCCCCCCCCCCC(=O)N[C@@H](CCCCN)C(=O)N[C@H](C(=O)N[C@H](C(=O)N[C@@H](CCCN)C(=O)N(C)[C@@H](CO)C(=O)O)[C@@H](C)O)[C@@H](C)O. The average Bonchev–Trinajstić information content (AvgIpc) is 3.20. The van der Waals surface area contributed by atoms with E-state index in [1.54, 1.807) is 0 Å². The zero-order valence-corrected chi connectivity index (χ0v) is 39.1. The van der Waals surface area contributed by atoms with Crippen LogP contribution in [0.2, 0.25) is 0 Å². The molecule has 0 bridgehead atoms. The van der Waals surface area contributed by atoms with Gasteiger partial charge in [-0.25, -0.2) is 4.79 Å². The third-order valence-electron chi connectivity index (χ3n) is 9.82. The van der Waals surface area contributed by atoms with Gasteiger partial charge in [0.2, 0.25) is 29.5 Å². The van der Waals surface area contributed by atoms with Gasteiger partial charge in [-0.2, -0.15) is 0 Å². The second-order valence-electron chi connectivity index (χ2n) is 15.9. The summed E-state index contributed by atoms with van der Waals surface area (Å²) in [7, 11) is 1.15. The maximum Gasteiger partial charge on any atom is 0.328 e. The van der Waals surface area contributed by atoms with Crippen LogP contribution >= 0.6 is 0 Å². The van der Waals surface area contributed by atoms with Crippen molar-refractivity contribution in [1.29, 1.82) is 0 Å². The molecule has 0 aliphatic rings. The Morgan fingerprint density at radius 2 is 0.938 bits per heavy atom.